The van der Waals surface area contributed by atoms with Gasteiger partial charge < -0.3 is 15.0 Å². The summed E-state index contributed by atoms with van der Waals surface area (Å²) in [6.45, 7) is 6.30. The van der Waals surface area contributed by atoms with Crippen molar-refractivity contribution >= 4 is 5.96 Å². The van der Waals surface area contributed by atoms with E-state index in [1.54, 1.807) is 0 Å². The van der Waals surface area contributed by atoms with Crippen LogP contribution >= 0.6 is 0 Å². The highest BCUT2D eigenvalue weighted by Crippen LogP contribution is 2.15. The smallest absolute Gasteiger partial charge is 0.193 e. The number of para-hydroxylation sites is 1. The summed E-state index contributed by atoms with van der Waals surface area (Å²) in [4.78, 5) is 6.78. The summed E-state index contributed by atoms with van der Waals surface area (Å²) in [6, 6.07) is 10.00. The van der Waals surface area contributed by atoms with Crippen LogP contribution in [0.4, 0.5) is 0 Å². The zero-order chi connectivity index (χ0) is 15.6. The number of unbranched alkanes of at least 4 members (excludes halogenated alkanes) is 1. The van der Waals surface area contributed by atoms with Gasteiger partial charge in [-0.1, -0.05) is 25.1 Å². The molecule has 0 radical (unpaired) electrons. The van der Waals surface area contributed by atoms with Gasteiger partial charge in [0.05, 0.1) is 6.61 Å². The molecule has 2 rings (SSSR count). The SMILES string of the molecule is CN=C(NCCCCOc1ccccc1)N1CCC(C)CC1. The highest BCUT2D eigenvalue weighted by Gasteiger charge is 2.17. The average molecular weight is 303 g/mol. The van der Waals surface area contributed by atoms with Crippen LogP contribution in [-0.4, -0.2) is 44.1 Å². The van der Waals surface area contributed by atoms with Gasteiger partial charge in [0.25, 0.3) is 0 Å². The van der Waals surface area contributed by atoms with Crippen LogP contribution in [0.15, 0.2) is 35.3 Å². The molecular formula is C18H29N3O. The molecule has 0 bridgehead atoms. The fraction of sp³-hybridized carbons (Fsp3) is 0.611. The fourth-order valence-corrected chi connectivity index (χ4v) is 2.69. The normalized spacial score (nSPS) is 16.6. The van der Waals surface area contributed by atoms with E-state index in [0.29, 0.717) is 0 Å². The Bertz CT molecular complexity index is 439. The van der Waals surface area contributed by atoms with E-state index >= 15 is 0 Å². The molecule has 122 valence electrons. The van der Waals surface area contributed by atoms with Crippen LogP contribution in [0, 0.1) is 5.92 Å². The van der Waals surface area contributed by atoms with E-state index in [0.717, 1.165) is 56.7 Å². The van der Waals surface area contributed by atoms with E-state index in [2.05, 4.69) is 22.1 Å². The third kappa shape index (κ3) is 5.58. The van der Waals surface area contributed by atoms with Crippen LogP contribution in [0.25, 0.3) is 0 Å². The van der Waals surface area contributed by atoms with Crippen molar-refractivity contribution < 1.29 is 4.74 Å². The first kappa shape index (κ1) is 16.7. The zero-order valence-electron chi connectivity index (χ0n) is 13.9. The minimum absolute atomic E-state index is 0.769. The highest BCUT2D eigenvalue weighted by atomic mass is 16.5. The van der Waals surface area contributed by atoms with Gasteiger partial charge in [-0.25, -0.2) is 0 Å². The minimum Gasteiger partial charge on any atom is -0.494 e. The van der Waals surface area contributed by atoms with E-state index in [1.165, 1.54) is 12.8 Å². The van der Waals surface area contributed by atoms with Gasteiger partial charge in [0.15, 0.2) is 5.96 Å². The number of rotatable bonds is 6. The Balaban J connectivity index is 1.57. The van der Waals surface area contributed by atoms with Gasteiger partial charge in [-0.3, -0.25) is 4.99 Å². The molecule has 1 fully saturated rings. The lowest BCUT2D eigenvalue weighted by Crippen LogP contribution is -2.45. The summed E-state index contributed by atoms with van der Waals surface area (Å²) >= 11 is 0. The third-order valence-electron chi connectivity index (χ3n) is 4.16. The van der Waals surface area contributed by atoms with Crippen molar-refractivity contribution in [2.45, 2.75) is 32.6 Å². The maximum absolute atomic E-state index is 5.70. The summed E-state index contributed by atoms with van der Waals surface area (Å²) in [7, 11) is 1.87. The van der Waals surface area contributed by atoms with Gasteiger partial charge in [-0.2, -0.15) is 0 Å². The Labute approximate surface area is 134 Å². The lowest BCUT2D eigenvalue weighted by atomic mass is 10.00. The number of nitrogens with zero attached hydrogens (tertiary/aromatic N) is 2. The quantitative estimate of drug-likeness (QED) is 0.498. The molecule has 0 spiro atoms. The molecule has 1 aromatic rings. The van der Waals surface area contributed by atoms with Crippen molar-refractivity contribution in [3.63, 3.8) is 0 Å². The number of guanidine groups is 1. The maximum atomic E-state index is 5.70. The maximum Gasteiger partial charge on any atom is 0.193 e. The molecule has 1 aliphatic rings. The second-order valence-corrected chi connectivity index (χ2v) is 6.01. The molecule has 0 amide bonds. The largest absolute Gasteiger partial charge is 0.494 e. The van der Waals surface area contributed by atoms with Gasteiger partial charge in [-0.05, 0) is 43.7 Å². The standard InChI is InChI=1S/C18H29N3O/c1-16-10-13-21(14-11-16)18(19-2)20-12-6-7-15-22-17-8-4-3-5-9-17/h3-5,8-9,16H,6-7,10-15H2,1-2H3,(H,19,20). The first-order valence-corrected chi connectivity index (χ1v) is 8.43. The topological polar surface area (TPSA) is 36.9 Å². The van der Waals surface area contributed by atoms with Crippen LogP contribution in [0.1, 0.15) is 32.6 Å². The number of likely N-dealkylation sites (tertiary alicyclic amines) is 1. The zero-order valence-corrected chi connectivity index (χ0v) is 13.9. The molecule has 0 unspecified atom stereocenters. The molecular weight excluding hydrogens is 274 g/mol. The molecule has 0 atom stereocenters. The monoisotopic (exact) mass is 303 g/mol. The molecule has 0 saturated carbocycles. The first-order valence-electron chi connectivity index (χ1n) is 8.43. The Morgan fingerprint density at radius 2 is 1.95 bits per heavy atom. The summed E-state index contributed by atoms with van der Waals surface area (Å²) in [5.41, 5.74) is 0. The predicted molar refractivity (Wildman–Crippen MR) is 92.5 cm³/mol. The van der Waals surface area contributed by atoms with E-state index in [-0.39, 0.29) is 0 Å². The number of hydrogen-bond donors (Lipinski definition) is 1. The number of nitrogens with one attached hydrogen (secondary N) is 1. The molecule has 1 aliphatic heterocycles. The minimum atomic E-state index is 0.769. The molecule has 1 aromatic carbocycles. The van der Waals surface area contributed by atoms with Gasteiger partial charge in [-0.15, -0.1) is 0 Å². The van der Waals surface area contributed by atoms with Crippen molar-refractivity contribution in [3.8, 4) is 5.75 Å². The molecule has 1 heterocycles. The van der Waals surface area contributed by atoms with Gasteiger partial charge in [0, 0.05) is 26.7 Å². The van der Waals surface area contributed by atoms with Crippen molar-refractivity contribution in [3.05, 3.63) is 30.3 Å². The Morgan fingerprint density at radius 1 is 1.23 bits per heavy atom. The van der Waals surface area contributed by atoms with Crippen LogP contribution in [0.3, 0.4) is 0 Å². The summed E-state index contributed by atoms with van der Waals surface area (Å²) in [5, 5.41) is 3.47. The Hall–Kier alpha value is -1.71. The van der Waals surface area contributed by atoms with Crippen molar-refractivity contribution in [1.29, 1.82) is 0 Å². The second kappa shape index (κ2) is 9.34. The van der Waals surface area contributed by atoms with Gasteiger partial charge >= 0.3 is 0 Å². The van der Waals surface area contributed by atoms with Crippen LogP contribution in [0.2, 0.25) is 0 Å². The summed E-state index contributed by atoms with van der Waals surface area (Å²) < 4.78 is 5.70. The summed E-state index contributed by atoms with van der Waals surface area (Å²) in [5.74, 6) is 2.86. The average Bonchev–Trinajstić information content (AvgIpc) is 2.56. The number of hydrogen-bond acceptors (Lipinski definition) is 2. The second-order valence-electron chi connectivity index (χ2n) is 6.01. The van der Waals surface area contributed by atoms with Crippen LogP contribution in [-0.2, 0) is 0 Å². The molecule has 0 aliphatic carbocycles. The fourth-order valence-electron chi connectivity index (χ4n) is 2.69. The lowest BCUT2D eigenvalue weighted by Gasteiger charge is -2.32. The van der Waals surface area contributed by atoms with Crippen molar-refractivity contribution in [2.75, 3.05) is 33.3 Å². The van der Waals surface area contributed by atoms with Crippen molar-refractivity contribution in [2.24, 2.45) is 10.9 Å². The Kier molecular flexibility index (Phi) is 7.07. The number of benzene rings is 1. The predicted octanol–water partition coefficient (Wildman–Crippen LogP) is 3.15. The first-order chi connectivity index (χ1) is 10.8. The van der Waals surface area contributed by atoms with Crippen LogP contribution < -0.4 is 10.1 Å². The molecule has 22 heavy (non-hydrogen) atoms. The molecule has 1 saturated heterocycles. The highest BCUT2D eigenvalue weighted by molar-refractivity contribution is 5.79. The van der Waals surface area contributed by atoms with Gasteiger partial charge in [0.2, 0.25) is 0 Å². The van der Waals surface area contributed by atoms with Crippen molar-refractivity contribution in [1.82, 2.24) is 10.2 Å². The number of ether oxygens (including phenoxy) is 1. The molecule has 4 nitrogen and oxygen atoms in total. The van der Waals surface area contributed by atoms with Crippen LogP contribution in [0.5, 0.6) is 5.75 Å². The molecule has 1 N–H and O–H groups in total. The van der Waals surface area contributed by atoms with E-state index in [1.807, 2.05) is 37.4 Å². The van der Waals surface area contributed by atoms with E-state index in [9.17, 15) is 0 Å². The molecule has 0 aromatic heterocycles. The van der Waals surface area contributed by atoms with E-state index in [4.69, 9.17) is 4.74 Å². The van der Waals surface area contributed by atoms with Gasteiger partial charge in [0.1, 0.15) is 5.75 Å². The third-order valence-corrected chi connectivity index (χ3v) is 4.16. The van der Waals surface area contributed by atoms with E-state index < -0.39 is 0 Å². The molecule has 4 heteroatoms. The summed E-state index contributed by atoms with van der Waals surface area (Å²) in [6.07, 6.45) is 4.68. The lowest BCUT2D eigenvalue weighted by molar-refractivity contribution is 0.272. The Morgan fingerprint density at radius 3 is 2.64 bits per heavy atom. The number of aliphatic imine (C=N–C) groups is 1. The number of piperidine rings is 1.